The van der Waals surface area contributed by atoms with E-state index in [0.29, 0.717) is 0 Å². The van der Waals surface area contributed by atoms with E-state index in [-0.39, 0.29) is 6.03 Å². The molecule has 1 aliphatic heterocycles. The first-order valence-corrected chi connectivity index (χ1v) is 7.54. The van der Waals surface area contributed by atoms with Gasteiger partial charge in [-0.05, 0) is 43.0 Å². The van der Waals surface area contributed by atoms with E-state index in [1.807, 2.05) is 23.1 Å². The Bertz CT molecular complexity index is 439. The van der Waals surface area contributed by atoms with Crippen molar-refractivity contribution >= 4 is 11.7 Å². The van der Waals surface area contributed by atoms with Crippen LogP contribution in [0.1, 0.15) is 32.3 Å². The summed E-state index contributed by atoms with van der Waals surface area (Å²) in [6.45, 7) is 7.85. The summed E-state index contributed by atoms with van der Waals surface area (Å²) in [6, 6.07) is 8.06. The fourth-order valence-corrected chi connectivity index (χ4v) is 2.44. The Morgan fingerprint density at radius 1 is 1.35 bits per heavy atom. The molecule has 4 nitrogen and oxygen atoms in total. The number of nitrogens with zero attached hydrogens (tertiary/aromatic N) is 1. The Labute approximate surface area is 121 Å². The van der Waals surface area contributed by atoms with Gasteiger partial charge in [0.1, 0.15) is 0 Å². The van der Waals surface area contributed by atoms with E-state index in [9.17, 15) is 4.79 Å². The lowest BCUT2D eigenvalue weighted by molar-refractivity contribution is 0.186. The van der Waals surface area contributed by atoms with Gasteiger partial charge >= 0.3 is 6.03 Å². The van der Waals surface area contributed by atoms with Crippen molar-refractivity contribution < 1.29 is 4.79 Å². The van der Waals surface area contributed by atoms with Gasteiger partial charge in [0, 0.05) is 25.3 Å². The van der Waals surface area contributed by atoms with Crippen LogP contribution in [0.3, 0.4) is 0 Å². The number of amides is 2. The number of carbonyl (C=O) groups excluding carboxylic acids is 1. The molecular weight excluding hydrogens is 250 g/mol. The summed E-state index contributed by atoms with van der Waals surface area (Å²) in [5.74, 6) is 0.738. The van der Waals surface area contributed by atoms with E-state index in [0.717, 1.165) is 50.6 Å². The first-order valence-electron chi connectivity index (χ1n) is 7.54. The van der Waals surface area contributed by atoms with Crippen LogP contribution in [0.25, 0.3) is 0 Å². The smallest absolute Gasteiger partial charge is 0.321 e. The summed E-state index contributed by atoms with van der Waals surface area (Å²) in [7, 11) is 0. The van der Waals surface area contributed by atoms with Gasteiger partial charge in [-0.15, -0.1) is 0 Å². The second-order valence-corrected chi connectivity index (χ2v) is 5.58. The van der Waals surface area contributed by atoms with E-state index < -0.39 is 0 Å². The lowest BCUT2D eigenvalue weighted by Crippen LogP contribution is -2.40. The molecule has 110 valence electrons. The zero-order valence-corrected chi connectivity index (χ0v) is 12.5. The Morgan fingerprint density at radius 3 is 2.80 bits per heavy atom. The van der Waals surface area contributed by atoms with E-state index >= 15 is 0 Å². The van der Waals surface area contributed by atoms with E-state index in [4.69, 9.17) is 0 Å². The van der Waals surface area contributed by atoms with Crippen molar-refractivity contribution in [1.29, 1.82) is 0 Å². The predicted octanol–water partition coefficient (Wildman–Crippen LogP) is 3.06. The molecule has 2 rings (SSSR count). The quantitative estimate of drug-likeness (QED) is 0.887. The second-order valence-electron chi connectivity index (χ2n) is 5.58. The molecule has 1 aromatic carbocycles. The van der Waals surface area contributed by atoms with E-state index in [2.05, 4.69) is 30.5 Å². The molecule has 0 spiro atoms. The van der Waals surface area contributed by atoms with Crippen molar-refractivity contribution in [2.24, 2.45) is 5.92 Å². The van der Waals surface area contributed by atoms with Crippen LogP contribution in [0, 0.1) is 5.92 Å². The fraction of sp³-hybridized carbons (Fsp3) is 0.562. The third-order valence-corrected chi connectivity index (χ3v) is 3.83. The molecule has 0 bridgehead atoms. The number of hydrogen-bond donors (Lipinski definition) is 2. The summed E-state index contributed by atoms with van der Waals surface area (Å²) in [5.41, 5.74) is 2.07. The first kappa shape index (κ1) is 14.9. The van der Waals surface area contributed by atoms with Crippen molar-refractivity contribution in [1.82, 2.24) is 10.2 Å². The van der Waals surface area contributed by atoms with Gasteiger partial charge in [0.2, 0.25) is 0 Å². The molecule has 0 saturated carbocycles. The number of anilines is 1. The number of likely N-dealkylation sites (tertiary alicyclic amines) is 1. The number of urea groups is 1. The summed E-state index contributed by atoms with van der Waals surface area (Å²) >= 11 is 0. The zero-order chi connectivity index (χ0) is 14.4. The van der Waals surface area contributed by atoms with Gasteiger partial charge in [-0.2, -0.15) is 0 Å². The normalized spacial score (nSPS) is 16.2. The van der Waals surface area contributed by atoms with Gasteiger partial charge in [0.25, 0.3) is 0 Å². The molecule has 0 aliphatic carbocycles. The molecule has 1 saturated heterocycles. The third-order valence-electron chi connectivity index (χ3n) is 3.83. The van der Waals surface area contributed by atoms with Crippen LogP contribution >= 0.6 is 0 Å². The molecule has 0 aromatic heterocycles. The maximum atomic E-state index is 12.2. The molecule has 0 atom stereocenters. The fourth-order valence-electron chi connectivity index (χ4n) is 2.44. The maximum Gasteiger partial charge on any atom is 0.321 e. The minimum atomic E-state index is 0.0255. The van der Waals surface area contributed by atoms with Crippen LogP contribution in [0.2, 0.25) is 0 Å². The predicted molar refractivity (Wildman–Crippen MR) is 82.8 cm³/mol. The van der Waals surface area contributed by atoms with E-state index in [1.54, 1.807) is 0 Å². The Morgan fingerprint density at radius 2 is 2.10 bits per heavy atom. The standard InChI is InChI=1S/C16H25N3O/c1-3-17-12-14-5-4-6-15(11-14)18-16(20)19-9-7-13(2)8-10-19/h4-6,11,13,17H,3,7-10,12H2,1-2H3,(H,18,20). The average Bonchev–Trinajstić information content (AvgIpc) is 2.46. The molecule has 2 N–H and O–H groups in total. The number of hydrogen-bond acceptors (Lipinski definition) is 2. The molecule has 1 aliphatic rings. The van der Waals surface area contributed by atoms with Crippen LogP contribution < -0.4 is 10.6 Å². The number of rotatable bonds is 4. The van der Waals surface area contributed by atoms with Crippen molar-refractivity contribution in [2.75, 3.05) is 25.0 Å². The third kappa shape index (κ3) is 4.23. The van der Waals surface area contributed by atoms with Gasteiger partial charge in [-0.1, -0.05) is 26.0 Å². The van der Waals surface area contributed by atoms with Crippen molar-refractivity contribution in [3.63, 3.8) is 0 Å². The summed E-state index contributed by atoms with van der Waals surface area (Å²) in [4.78, 5) is 14.1. The number of benzene rings is 1. The molecular formula is C16H25N3O. The molecule has 0 radical (unpaired) electrons. The minimum Gasteiger partial charge on any atom is -0.325 e. The Balaban J connectivity index is 1.90. The first-order chi connectivity index (χ1) is 9.69. The highest BCUT2D eigenvalue weighted by Crippen LogP contribution is 2.17. The largest absolute Gasteiger partial charge is 0.325 e. The second kappa shape index (κ2) is 7.29. The number of piperidine rings is 1. The van der Waals surface area contributed by atoms with Crippen LogP contribution in [-0.2, 0) is 6.54 Å². The molecule has 4 heteroatoms. The van der Waals surface area contributed by atoms with Gasteiger partial charge in [-0.25, -0.2) is 4.79 Å². The molecule has 1 heterocycles. The highest BCUT2D eigenvalue weighted by atomic mass is 16.2. The highest BCUT2D eigenvalue weighted by molar-refractivity contribution is 5.89. The SMILES string of the molecule is CCNCc1cccc(NC(=O)N2CCC(C)CC2)c1. The number of carbonyl (C=O) groups is 1. The minimum absolute atomic E-state index is 0.0255. The lowest BCUT2D eigenvalue weighted by atomic mass is 10.00. The topological polar surface area (TPSA) is 44.4 Å². The molecule has 20 heavy (non-hydrogen) atoms. The van der Waals surface area contributed by atoms with Crippen LogP contribution in [0.4, 0.5) is 10.5 Å². The summed E-state index contributed by atoms with van der Waals surface area (Å²) in [5, 5.41) is 6.29. The molecule has 1 aromatic rings. The van der Waals surface area contributed by atoms with Crippen molar-refractivity contribution in [2.45, 2.75) is 33.2 Å². The van der Waals surface area contributed by atoms with Gasteiger partial charge in [0.15, 0.2) is 0 Å². The Hall–Kier alpha value is -1.55. The average molecular weight is 275 g/mol. The molecule has 0 unspecified atom stereocenters. The van der Waals surface area contributed by atoms with Crippen LogP contribution in [-0.4, -0.2) is 30.6 Å². The Kier molecular flexibility index (Phi) is 5.41. The van der Waals surface area contributed by atoms with Crippen molar-refractivity contribution in [3.05, 3.63) is 29.8 Å². The lowest BCUT2D eigenvalue weighted by Gasteiger charge is -2.30. The summed E-state index contributed by atoms with van der Waals surface area (Å²) < 4.78 is 0. The monoisotopic (exact) mass is 275 g/mol. The van der Waals surface area contributed by atoms with Crippen LogP contribution in [0.5, 0.6) is 0 Å². The van der Waals surface area contributed by atoms with E-state index in [1.165, 1.54) is 5.56 Å². The zero-order valence-electron chi connectivity index (χ0n) is 12.5. The van der Waals surface area contributed by atoms with Gasteiger partial charge in [-0.3, -0.25) is 0 Å². The van der Waals surface area contributed by atoms with Crippen molar-refractivity contribution in [3.8, 4) is 0 Å². The molecule has 1 fully saturated rings. The summed E-state index contributed by atoms with van der Waals surface area (Å²) in [6.07, 6.45) is 2.21. The number of nitrogens with one attached hydrogen (secondary N) is 2. The molecule has 2 amide bonds. The van der Waals surface area contributed by atoms with Gasteiger partial charge in [0.05, 0.1) is 0 Å². The van der Waals surface area contributed by atoms with Crippen LogP contribution in [0.15, 0.2) is 24.3 Å². The highest BCUT2D eigenvalue weighted by Gasteiger charge is 2.20. The maximum absolute atomic E-state index is 12.2. The van der Waals surface area contributed by atoms with Gasteiger partial charge < -0.3 is 15.5 Å².